The monoisotopic (exact) mass is 496 g/mol. The smallest absolute Gasteiger partial charge is 0.188 e. The SMILES string of the molecule is C=C(C)/C(C(=C1CC(C)(C)C(=[NH+]CC)c2ccccc21)c1ccc(N(C)C)cc1)=C(C)\C=C(/C)N(C)C. The van der Waals surface area contributed by atoms with Gasteiger partial charge in [-0.2, -0.15) is 0 Å². The van der Waals surface area contributed by atoms with Crippen LogP contribution in [0.3, 0.4) is 0 Å². The molecule has 0 amide bonds. The van der Waals surface area contributed by atoms with Gasteiger partial charge < -0.3 is 9.80 Å². The fourth-order valence-corrected chi connectivity index (χ4v) is 5.35. The molecular formula is C34H46N3+. The second kappa shape index (κ2) is 11.4. The van der Waals surface area contributed by atoms with Gasteiger partial charge in [0.2, 0.25) is 0 Å². The molecule has 0 radical (unpaired) electrons. The van der Waals surface area contributed by atoms with Crippen molar-refractivity contribution >= 4 is 22.5 Å². The van der Waals surface area contributed by atoms with Crippen molar-refractivity contribution in [3.8, 4) is 0 Å². The topological polar surface area (TPSA) is 20.5 Å². The minimum absolute atomic E-state index is 0.0298. The zero-order chi connectivity index (χ0) is 27.5. The number of nitrogens with zero attached hydrogens (tertiary/aromatic N) is 2. The van der Waals surface area contributed by atoms with E-state index in [1.807, 2.05) is 0 Å². The van der Waals surface area contributed by atoms with E-state index in [-0.39, 0.29) is 5.41 Å². The van der Waals surface area contributed by atoms with Crippen molar-refractivity contribution in [3.63, 3.8) is 0 Å². The minimum atomic E-state index is -0.0298. The van der Waals surface area contributed by atoms with Gasteiger partial charge in [-0.1, -0.05) is 42.5 Å². The van der Waals surface area contributed by atoms with Gasteiger partial charge >= 0.3 is 0 Å². The Kier molecular flexibility index (Phi) is 8.68. The molecule has 2 aromatic rings. The maximum absolute atomic E-state index is 4.49. The Morgan fingerprint density at radius 1 is 0.946 bits per heavy atom. The fourth-order valence-electron chi connectivity index (χ4n) is 5.35. The van der Waals surface area contributed by atoms with Crippen LogP contribution in [0.4, 0.5) is 5.69 Å². The van der Waals surface area contributed by atoms with Gasteiger partial charge in [-0.25, -0.2) is 4.99 Å². The van der Waals surface area contributed by atoms with Crippen LogP contribution >= 0.6 is 0 Å². The lowest BCUT2D eigenvalue weighted by Crippen LogP contribution is -2.75. The average Bonchev–Trinajstić information content (AvgIpc) is 2.83. The lowest BCUT2D eigenvalue weighted by Gasteiger charge is -2.34. The molecule has 0 unspecified atom stereocenters. The second-order valence-corrected chi connectivity index (χ2v) is 11.3. The second-order valence-electron chi connectivity index (χ2n) is 11.3. The quantitative estimate of drug-likeness (QED) is 0.451. The molecule has 3 rings (SSSR count). The van der Waals surface area contributed by atoms with Gasteiger partial charge in [0, 0.05) is 45.1 Å². The molecule has 3 nitrogen and oxygen atoms in total. The zero-order valence-corrected chi connectivity index (χ0v) is 24.7. The number of nitrogens with one attached hydrogen (secondary N) is 1. The van der Waals surface area contributed by atoms with Crippen LogP contribution in [0.15, 0.2) is 83.6 Å². The fraction of sp³-hybridized carbons (Fsp3) is 0.382. The standard InChI is InChI=1S/C34H45N3/c1-12-35-33-29-16-14-13-15-28(29)30(22-34(33,6)7)32(26-17-19-27(20-18-26)37(10)11)31(23(2)3)24(4)21-25(5)36(8)9/h13-21H,2,12,22H2,1,3-11H3/p+1/b25-21+,31-24+,32-30?,35-33?. The maximum Gasteiger partial charge on any atom is 0.188 e. The first kappa shape index (κ1) is 28.2. The molecule has 1 aliphatic carbocycles. The van der Waals surface area contributed by atoms with Crippen molar-refractivity contribution in [2.45, 2.75) is 48.0 Å². The minimum Gasteiger partial charge on any atom is -0.381 e. The van der Waals surface area contributed by atoms with Crippen molar-refractivity contribution in [1.82, 2.24) is 4.90 Å². The number of fused-ring (bicyclic) bond motifs is 1. The Balaban J connectivity index is 2.49. The Labute approximate surface area is 225 Å². The molecule has 0 saturated carbocycles. The van der Waals surface area contributed by atoms with Crippen molar-refractivity contribution in [1.29, 1.82) is 0 Å². The van der Waals surface area contributed by atoms with Crippen LogP contribution in [-0.2, 0) is 0 Å². The molecule has 0 aromatic heterocycles. The highest BCUT2D eigenvalue weighted by Gasteiger charge is 2.40. The Morgan fingerprint density at radius 3 is 2.05 bits per heavy atom. The summed E-state index contributed by atoms with van der Waals surface area (Å²) in [6.07, 6.45) is 3.23. The van der Waals surface area contributed by atoms with E-state index >= 15 is 0 Å². The molecule has 196 valence electrons. The van der Waals surface area contributed by atoms with Crippen molar-refractivity contribution < 1.29 is 4.99 Å². The van der Waals surface area contributed by atoms with Crippen molar-refractivity contribution in [3.05, 3.63) is 100 Å². The summed E-state index contributed by atoms with van der Waals surface area (Å²) in [6, 6.07) is 17.9. The third-order valence-electron chi connectivity index (χ3n) is 7.35. The van der Waals surface area contributed by atoms with E-state index in [9.17, 15) is 0 Å². The molecule has 1 aliphatic rings. The highest BCUT2D eigenvalue weighted by Crippen LogP contribution is 2.47. The molecule has 0 fully saturated rings. The molecule has 0 spiro atoms. The summed E-state index contributed by atoms with van der Waals surface area (Å²) in [6.45, 7) is 18.8. The van der Waals surface area contributed by atoms with E-state index in [1.54, 1.807) is 0 Å². The van der Waals surface area contributed by atoms with Crippen LogP contribution in [0.2, 0.25) is 0 Å². The third kappa shape index (κ3) is 5.98. The van der Waals surface area contributed by atoms with Crippen molar-refractivity contribution in [2.24, 2.45) is 5.41 Å². The average molecular weight is 497 g/mol. The molecule has 3 heteroatoms. The van der Waals surface area contributed by atoms with Crippen LogP contribution in [0.1, 0.15) is 64.7 Å². The summed E-state index contributed by atoms with van der Waals surface area (Å²) in [4.78, 5) is 8.02. The van der Waals surface area contributed by atoms with Crippen LogP contribution < -0.4 is 9.89 Å². The van der Waals surface area contributed by atoms with E-state index in [2.05, 4.69) is 146 Å². The highest BCUT2D eigenvalue weighted by molar-refractivity contribution is 6.13. The van der Waals surface area contributed by atoms with Gasteiger partial charge in [0.25, 0.3) is 0 Å². The third-order valence-corrected chi connectivity index (χ3v) is 7.35. The summed E-state index contributed by atoms with van der Waals surface area (Å²) in [5.41, 5.74) is 13.8. The van der Waals surface area contributed by atoms with E-state index in [4.69, 9.17) is 0 Å². The van der Waals surface area contributed by atoms with Gasteiger partial charge in [-0.05, 0) is 106 Å². The van der Waals surface area contributed by atoms with Crippen molar-refractivity contribution in [2.75, 3.05) is 39.6 Å². The Hall–Kier alpha value is -3.33. The van der Waals surface area contributed by atoms with Gasteiger partial charge in [-0.15, -0.1) is 0 Å². The number of hydrogen-bond donors (Lipinski definition) is 1. The van der Waals surface area contributed by atoms with Crippen LogP contribution in [0.25, 0.3) is 11.1 Å². The van der Waals surface area contributed by atoms with E-state index in [0.29, 0.717) is 0 Å². The normalized spacial score (nSPS) is 18.2. The molecule has 1 N–H and O–H groups in total. The number of anilines is 1. The summed E-state index contributed by atoms with van der Waals surface area (Å²) in [7, 11) is 8.36. The molecular weight excluding hydrogens is 450 g/mol. The molecule has 0 heterocycles. The lowest BCUT2D eigenvalue weighted by atomic mass is 9.67. The summed E-state index contributed by atoms with van der Waals surface area (Å²) in [5.74, 6) is 0. The first-order chi connectivity index (χ1) is 17.4. The first-order valence-corrected chi connectivity index (χ1v) is 13.3. The molecule has 0 aliphatic heterocycles. The van der Waals surface area contributed by atoms with Gasteiger partial charge in [-0.3, -0.25) is 0 Å². The highest BCUT2D eigenvalue weighted by atomic mass is 15.1. The number of hydrogen-bond acceptors (Lipinski definition) is 2. The zero-order valence-electron chi connectivity index (χ0n) is 24.7. The van der Waals surface area contributed by atoms with Gasteiger partial charge in [0.15, 0.2) is 5.71 Å². The molecule has 0 saturated heterocycles. The largest absolute Gasteiger partial charge is 0.381 e. The molecule has 0 atom stereocenters. The number of allylic oxidation sites excluding steroid dienone is 7. The lowest BCUT2D eigenvalue weighted by molar-refractivity contribution is -0.456. The number of benzene rings is 2. The van der Waals surface area contributed by atoms with Crippen LogP contribution in [0, 0.1) is 5.41 Å². The van der Waals surface area contributed by atoms with E-state index < -0.39 is 0 Å². The summed E-state index contributed by atoms with van der Waals surface area (Å²) < 4.78 is 0. The molecule has 37 heavy (non-hydrogen) atoms. The summed E-state index contributed by atoms with van der Waals surface area (Å²) in [5, 5.41) is 0. The van der Waals surface area contributed by atoms with Gasteiger partial charge in [0.05, 0.1) is 5.41 Å². The van der Waals surface area contributed by atoms with Gasteiger partial charge in [0.1, 0.15) is 6.54 Å². The molecule has 0 bridgehead atoms. The Morgan fingerprint density at radius 2 is 1.54 bits per heavy atom. The first-order valence-electron chi connectivity index (χ1n) is 13.3. The number of rotatable bonds is 7. The maximum atomic E-state index is 4.49. The predicted octanol–water partition coefficient (Wildman–Crippen LogP) is 6.34. The van der Waals surface area contributed by atoms with E-state index in [0.717, 1.165) is 18.5 Å². The molecule has 2 aromatic carbocycles. The Bertz CT molecular complexity index is 1280. The summed E-state index contributed by atoms with van der Waals surface area (Å²) >= 11 is 0. The van der Waals surface area contributed by atoms with Crippen LogP contribution in [-0.4, -0.2) is 45.3 Å². The predicted molar refractivity (Wildman–Crippen MR) is 163 cm³/mol. The van der Waals surface area contributed by atoms with Crippen LogP contribution in [0.5, 0.6) is 0 Å². The van der Waals surface area contributed by atoms with E-state index in [1.165, 1.54) is 56.1 Å².